The van der Waals surface area contributed by atoms with Gasteiger partial charge < -0.3 is 14.9 Å². The van der Waals surface area contributed by atoms with Gasteiger partial charge in [0.15, 0.2) is 5.79 Å². The zero-order valence-corrected chi connectivity index (χ0v) is 15.5. The van der Waals surface area contributed by atoms with Crippen LogP contribution in [-0.4, -0.2) is 34.5 Å². The van der Waals surface area contributed by atoms with Gasteiger partial charge in [-0.3, -0.25) is 4.79 Å². The fraction of sp³-hybridized carbons (Fsp3) is 0.952. The third kappa shape index (κ3) is 1.92. The summed E-state index contributed by atoms with van der Waals surface area (Å²) in [6, 6.07) is 0. The molecule has 0 amide bonds. The normalized spacial score (nSPS) is 60.1. The van der Waals surface area contributed by atoms with Crippen LogP contribution >= 0.6 is 0 Å². The molecule has 4 aliphatic carbocycles. The Morgan fingerprint density at radius 1 is 1.24 bits per heavy atom. The minimum absolute atomic E-state index is 0.0333. The molecule has 5 rings (SSSR count). The molecule has 4 heteroatoms. The van der Waals surface area contributed by atoms with Gasteiger partial charge in [0, 0.05) is 24.2 Å². The van der Waals surface area contributed by atoms with Crippen molar-refractivity contribution in [2.24, 2.45) is 40.4 Å². The fourth-order valence-corrected chi connectivity index (χ4v) is 8.33. The van der Waals surface area contributed by atoms with Crippen LogP contribution in [0.25, 0.3) is 0 Å². The molecule has 0 unspecified atom stereocenters. The molecular formula is C21H32O4. The molecule has 2 N–H and O–H groups in total. The highest BCUT2D eigenvalue weighted by atomic mass is 16.6. The van der Waals surface area contributed by atoms with Gasteiger partial charge >= 0.3 is 0 Å². The Kier molecular flexibility index (Phi) is 3.39. The zero-order valence-electron chi connectivity index (χ0n) is 15.5. The molecule has 5 fully saturated rings. The molecule has 4 saturated carbocycles. The molecule has 0 aromatic carbocycles. The molecule has 0 aromatic rings. The molecule has 25 heavy (non-hydrogen) atoms. The van der Waals surface area contributed by atoms with Crippen molar-refractivity contribution in [3.8, 4) is 0 Å². The van der Waals surface area contributed by atoms with Crippen LogP contribution < -0.4 is 0 Å². The second kappa shape index (κ2) is 5.08. The second-order valence-electron chi connectivity index (χ2n) is 10.1. The molecule has 140 valence electrons. The van der Waals surface area contributed by atoms with Crippen molar-refractivity contribution in [3.05, 3.63) is 0 Å². The van der Waals surface area contributed by atoms with Crippen molar-refractivity contribution in [2.75, 3.05) is 6.61 Å². The summed E-state index contributed by atoms with van der Waals surface area (Å²) in [5.41, 5.74) is 0.214. The number of aliphatic hydroxyl groups is 2. The monoisotopic (exact) mass is 348 g/mol. The number of hydrogen-bond donors (Lipinski definition) is 2. The summed E-state index contributed by atoms with van der Waals surface area (Å²) in [6.07, 6.45) is 6.89. The molecule has 4 nitrogen and oxygen atoms in total. The Morgan fingerprint density at radius 3 is 2.80 bits per heavy atom. The standard InChI is InChI=1S/C21H32O4/c1-3-14-17(22)9-16-13-5-4-12-8-18(23)21(24)10-20(12,11-25-21)15(13)6-7-19(14,16)2/h12-16,18,23-24H,3-11H2,1-2H3/t12-,13-,14+,15-,16+,18-,19-,20-,21+/m1/s1. The van der Waals surface area contributed by atoms with Crippen molar-refractivity contribution < 1.29 is 19.7 Å². The zero-order chi connectivity index (χ0) is 17.6. The maximum atomic E-state index is 12.7. The van der Waals surface area contributed by atoms with Gasteiger partial charge in [-0.25, -0.2) is 0 Å². The van der Waals surface area contributed by atoms with E-state index in [-0.39, 0.29) is 16.7 Å². The average molecular weight is 348 g/mol. The summed E-state index contributed by atoms with van der Waals surface area (Å²) in [4.78, 5) is 12.7. The molecule has 1 heterocycles. The van der Waals surface area contributed by atoms with E-state index in [9.17, 15) is 15.0 Å². The number of aliphatic hydroxyl groups excluding tert-OH is 1. The lowest BCUT2D eigenvalue weighted by atomic mass is 9.44. The number of carbonyl (C=O) groups excluding carboxylic acids is 1. The quantitative estimate of drug-likeness (QED) is 0.765. The van der Waals surface area contributed by atoms with Crippen LogP contribution in [0.2, 0.25) is 0 Å². The Balaban J connectivity index is 1.50. The maximum Gasteiger partial charge on any atom is 0.192 e. The van der Waals surface area contributed by atoms with Gasteiger partial charge in [-0.15, -0.1) is 0 Å². The Bertz CT molecular complexity index is 605. The van der Waals surface area contributed by atoms with E-state index in [0.717, 1.165) is 32.1 Å². The molecule has 0 aromatic heterocycles. The number of hydrogen-bond acceptors (Lipinski definition) is 4. The number of rotatable bonds is 1. The third-order valence-corrected chi connectivity index (χ3v) is 9.49. The van der Waals surface area contributed by atoms with E-state index >= 15 is 0 Å². The van der Waals surface area contributed by atoms with Crippen molar-refractivity contribution in [2.45, 2.75) is 77.1 Å². The van der Waals surface area contributed by atoms with E-state index in [1.54, 1.807) is 0 Å². The van der Waals surface area contributed by atoms with Gasteiger partial charge in [-0.05, 0) is 67.6 Å². The molecular weight excluding hydrogens is 316 g/mol. The molecule has 0 radical (unpaired) electrons. The van der Waals surface area contributed by atoms with Gasteiger partial charge in [0.05, 0.1) is 6.61 Å². The maximum absolute atomic E-state index is 12.7. The van der Waals surface area contributed by atoms with Crippen molar-refractivity contribution >= 4 is 5.78 Å². The van der Waals surface area contributed by atoms with Crippen LogP contribution in [0.5, 0.6) is 0 Å². The van der Waals surface area contributed by atoms with Crippen molar-refractivity contribution in [1.82, 2.24) is 0 Å². The fourth-order valence-electron chi connectivity index (χ4n) is 8.33. The topological polar surface area (TPSA) is 66.8 Å². The highest BCUT2D eigenvalue weighted by Crippen LogP contribution is 2.69. The smallest absolute Gasteiger partial charge is 0.192 e. The van der Waals surface area contributed by atoms with E-state index < -0.39 is 11.9 Å². The molecule has 1 saturated heterocycles. The number of fused-ring (bicyclic) bond motifs is 4. The van der Waals surface area contributed by atoms with E-state index in [0.29, 0.717) is 48.9 Å². The lowest BCUT2D eigenvalue weighted by molar-refractivity contribution is -0.242. The molecule has 1 aliphatic heterocycles. The van der Waals surface area contributed by atoms with Crippen LogP contribution in [0.1, 0.15) is 65.2 Å². The first-order valence-corrected chi connectivity index (χ1v) is 10.4. The number of carbonyl (C=O) groups is 1. The third-order valence-electron chi connectivity index (χ3n) is 9.49. The van der Waals surface area contributed by atoms with Crippen molar-refractivity contribution in [3.63, 3.8) is 0 Å². The van der Waals surface area contributed by atoms with Crippen LogP contribution in [-0.2, 0) is 9.53 Å². The van der Waals surface area contributed by atoms with Crippen LogP contribution in [0.3, 0.4) is 0 Å². The van der Waals surface area contributed by atoms with Crippen LogP contribution in [0.15, 0.2) is 0 Å². The predicted molar refractivity (Wildman–Crippen MR) is 92.5 cm³/mol. The number of ketones is 1. The number of ether oxygens (including phenoxy) is 1. The van der Waals surface area contributed by atoms with E-state index in [2.05, 4.69) is 13.8 Å². The second-order valence-corrected chi connectivity index (χ2v) is 10.1. The lowest BCUT2D eigenvalue weighted by Crippen LogP contribution is -2.58. The predicted octanol–water partition coefficient (Wildman–Crippen LogP) is 2.90. The largest absolute Gasteiger partial charge is 0.388 e. The SMILES string of the molecule is CC[C@H]1C(=O)C[C@H]2[C@@H]3CC[C@@H]4C[C@@H](O)[C@]5(O)C[C@]4(CO5)[C@@H]3CC[C@]12C. The summed E-state index contributed by atoms with van der Waals surface area (Å²) in [5.74, 6) is 1.55. The Labute approximate surface area is 150 Å². The van der Waals surface area contributed by atoms with E-state index in [4.69, 9.17) is 4.74 Å². The molecule has 5 aliphatic rings. The number of Topliss-reactive ketones (excluding diaryl/α,β-unsaturated/α-hetero) is 1. The highest BCUT2D eigenvalue weighted by Gasteiger charge is 2.68. The first-order valence-electron chi connectivity index (χ1n) is 10.4. The summed E-state index contributed by atoms with van der Waals surface area (Å²) >= 11 is 0. The van der Waals surface area contributed by atoms with Gasteiger partial charge in [0.2, 0.25) is 0 Å². The average Bonchev–Trinajstić information content (AvgIpc) is 3.02. The summed E-state index contributed by atoms with van der Waals surface area (Å²) < 4.78 is 5.82. The first kappa shape index (κ1) is 16.7. The Hall–Kier alpha value is -0.450. The lowest BCUT2D eigenvalue weighted by Gasteiger charge is -2.60. The minimum atomic E-state index is -1.32. The summed E-state index contributed by atoms with van der Waals surface area (Å²) in [7, 11) is 0. The molecule has 2 bridgehead atoms. The molecule has 1 spiro atoms. The van der Waals surface area contributed by atoms with Gasteiger partial charge in [0.25, 0.3) is 0 Å². The van der Waals surface area contributed by atoms with Gasteiger partial charge in [-0.1, -0.05) is 13.8 Å². The first-order chi connectivity index (χ1) is 11.8. The van der Waals surface area contributed by atoms with Gasteiger partial charge in [-0.2, -0.15) is 0 Å². The van der Waals surface area contributed by atoms with Crippen molar-refractivity contribution in [1.29, 1.82) is 0 Å². The van der Waals surface area contributed by atoms with Crippen LogP contribution in [0.4, 0.5) is 0 Å². The summed E-state index contributed by atoms with van der Waals surface area (Å²) in [5, 5.41) is 21.1. The van der Waals surface area contributed by atoms with Gasteiger partial charge in [0.1, 0.15) is 11.9 Å². The van der Waals surface area contributed by atoms with E-state index in [1.165, 1.54) is 6.42 Å². The molecule has 9 atom stereocenters. The van der Waals surface area contributed by atoms with Crippen LogP contribution in [0, 0.1) is 40.4 Å². The summed E-state index contributed by atoms with van der Waals surface area (Å²) in [6.45, 7) is 5.15. The minimum Gasteiger partial charge on any atom is -0.388 e. The highest BCUT2D eigenvalue weighted by molar-refractivity contribution is 5.84. The van der Waals surface area contributed by atoms with E-state index in [1.807, 2.05) is 0 Å². The Morgan fingerprint density at radius 2 is 2.04 bits per heavy atom.